The quantitative estimate of drug-likeness (QED) is 0.270. The number of ether oxygens (including phenoxy) is 1. The Balaban J connectivity index is 1.29. The number of anilines is 1. The van der Waals surface area contributed by atoms with Crippen molar-refractivity contribution in [3.05, 3.63) is 24.8 Å². The van der Waals surface area contributed by atoms with Crippen molar-refractivity contribution in [3.63, 3.8) is 0 Å². The first-order chi connectivity index (χ1) is 17.5. The van der Waals surface area contributed by atoms with Crippen molar-refractivity contribution >= 4 is 51.7 Å². The van der Waals surface area contributed by atoms with E-state index in [4.69, 9.17) is 9.72 Å². The second kappa shape index (κ2) is 11.5. The van der Waals surface area contributed by atoms with Crippen LogP contribution in [0.25, 0.3) is 11.0 Å². The van der Waals surface area contributed by atoms with Crippen LogP contribution in [-0.2, 0) is 14.8 Å². The Morgan fingerprint density at radius 3 is 2.44 bits per heavy atom. The summed E-state index contributed by atoms with van der Waals surface area (Å²) in [5.41, 5.74) is 0.902. The van der Waals surface area contributed by atoms with Gasteiger partial charge < -0.3 is 0 Å². The van der Waals surface area contributed by atoms with Crippen LogP contribution in [0.1, 0.15) is 44.6 Å². The van der Waals surface area contributed by atoms with Crippen LogP contribution in [0.5, 0.6) is 0 Å². The van der Waals surface area contributed by atoms with E-state index in [-0.39, 0.29) is 5.95 Å². The molecule has 36 heavy (non-hydrogen) atoms. The molecule has 1 unspecified atom stereocenters. The molecule has 11 nitrogen and oxygen atoms in total. The van der Waals surface area contributed by atoms with Gasteiger partial charge in [0.1, 0.15) is 0 Å². The van der Waals surface area contributed by atoms with Gasteiger partial charge in [-0.05, 0) is 0 Å². The van der Waals surface area contributed by atoms with E-state index in [1.54, 1.807) is 12.4 Å². The maximum atomic E-state index is 12.4. The summed E-state index contributed by atoms with van der Waals surface area (Å²) < 4.78 is 35.4. The molecule has 2 aliphatic rings. The van der Waals surface area contributed by atoms with Crippen LogP contribution in [0.4, 0.5) is 5.95 Å². The molecule has 1 aliphatic heterocycles. The molecule has 0 N–H and O–H groups in total. The SMILES string of the molecule is CS(=O)(=O)N(CCN1CCOCC1)c1ncc([AsH]c2ncc3cnn(C4CCCCCC4)c3n2)cn1. The van der Waals surface area contributed by atoms with Crippen molar-refractivity contribution in [2.75, 3.05) is 50.0 Å². The molecule has 0 radical (unpaired) electrons. The van der Waals surface area contributed by atoms with Crippen LogP contribution in [0.3, 0.4) is 0 Å². The maximum absolute atomic E-state index is 12.4. The number of morpholine rings is 1. The van der Waals surface area contributed by atoms with Crippen molar-refractivity contribution in [1.29, 1.82) is 0 Å². The predicted octanol–water partition coefficient (Wildman–Crippen LogP) is -0.00290. The molecule has 2 fully saturated rings. The first kappa shape index (κ1) is 25.5. The second-order valence-corrected chi connectivity index (χ2v) is 14.0. The van der Waals surface area contributed by atoms with Gasteiger partial charge >= 0.3 is 219 Å². The summed E-state index contributed by atoms with van der Waals surface area (Å²) in [7, 11) is -3.50. The molecule has 13 heteroatoms. The Hall–Kier alpha value is -2.14. The first-order valence-corrected chi connectivity index (χ1v) is 16.5. The molecule has 4 heterocycles. The zero-order valence-corrected chi connectivity index (χ0v) is 23.5. The van der Waals surface area contributed by atoms with Crippen LogP contribution < -0.4 is 13.3 Å². The van der Waals surface area contributed by atoms with Crippen LogP contribution >= 0.6 is 0 Å². The monoisotopic (exact) mass is 576 g/mol. The average Bonchev–Trinajstić information content (AvgIpc) is 3.10. The zero-order valence-electron chi connectivity index (χ0n) is 20.6. The third-order valence-electron chi connectivity index (χ3n) is 6.75. The summed E-state index contributed by atoms with van der Waals surface area (Å²) >= 11 is -0.884. The molecule has 1 saturated heterocycles. The fraction of sp³-hybridized carbons (Fsp3) is 0.609. The molecular weight excluding hydrogens is 543 g/mol. The molecule has 0 aromatic carbocycles. The van der Waals surface area contributed by atoms with Crippen LogP contribution in [-0.4, -0.2) is 104 Å². The third-order valence-corrected chi connectivity index (χ3v) is 10.0. The Kier molecular flexibility index (Phi) is 8.15. The molecule has 194 valence electrons. The minimum absolute atomic E-state index is 0.198. The van der Waals surface area contributed by atoms with Gasteiger partial charge in [-0.1, -0.05) is 0 Å². The molecule has 1 atom stereocenters. The minimum atomic E-state index is -3.50. The fourth-order valence-electron chi connectivity index (χ4n) is 4.78. The standard InChI is InChI=1S/C23H33AsN8O3S/c1-36(33,34)31(9-8-30-10-12-35-13-11-30)23-26-16-19(17-27-23)24-22-25-14-18-15-28-32(21(18)29-22)20-6-4-2-3-5-7-20/h14-17,20,24H,2-13H2,1H3. The summed E-state index contributed by atoms with van der Waals surface area (Å²) in [5.74, 6) is 0.198. The van der Waals surface area contributed by atoms with E-state index in [1.165, 1.54) is 36.2 Å². The van der Waals surface area contributed by atoms with E-state index < -0.39 is 25.8 Å². The van der Waals surface area contributed by atoms with Gasteiger partial charge in [0.2, 0.25) is 0 Å². The van der Waals surface area contributed by atoms with Crippen molar-refractivity contribution in [2.45, 2.75) is 44.6 Å². The van der Waals surface area contributed by atoms with Gasteiger partial charge in [0.15, 0.2) is 0 Å². The summed E-state index contributed by atoms with van der Waals surface area (Å²) in [4.78, 5) is 20.5. The van der Waals surface area contributed by atoms with Crippen molar-refractivity contribution < 1.29 is 13.2 Å². The van der Waals surface area contributed by atoms with Gasteiger partial charge in [-0.15, -0.1) is 0 Å². The van der Waals surface area contributed by atoms with Gasteiger partial charge in [0.25, 0.3) is 0 Å². The number of nitrogens with zero attached hydrogens (tertiary/aromatic N) is 8. The van der Waals surface area contributed by atoms with Crippen LogP contribution in [0.2, 0.25) is 0 Å². The molecule has 3 aromatic rings. The number of fused-ring (bicyclic) bond motifs is 1. The Morgan fingerprint density at radius 2 is 1.75 bits per heavy atom. The molecule has 1 saturated carbocycles. The van der Waals surface area contributed by atoms with Crippen molar-refractivity contribution in [3.8, 4) is 0 Å². The van der Waals surface area contributed by atoms with Gasteiger partial charge in [-0.25, -0.2) is 0 Å². The molecule has 0 spiro atoms. The van der Waals surface area contributed by atoms with E-state index >= 15 is 0 Å². The molecular formula is C23H33AsN8O3S. The summed E-state index contributed by atoms with van der Waals surface area (Å²) in [5, 5.41) is 5.61. The van der Waals surface area contributed by atoms with Crippen molar-refractivity contribution in [1.82, 2.24) is 34.6 Å². The number of rotatable bonds is 8. The third kappa shape index (κ3) is 6.22. The number of sulfonamides is 1. The molecule has 0 amide bonds. The molecule has 3 aromatic heterocycles. The first-order valence-electron chi connectivity index (χ1n) is 12.5. The second-order valence-electron chi connectivity index (χ2n) is 9.39. The van der Waals surface area contributed by atoms with Gasteiger partial charge in [0.05, 0.1) is 0 Å². The summed E-state index contributed by atoms with van der Waals surface area (Å²) in [6.45, 7) is 3.85. The number of hydrogen-bond donors (Lipinski definition) is 0. The normalized spacial score (nSPS) is 18.7. The van der Waals surface area contributed by atoms with E-state index in [0.717, 1.165) is 45.9 Å². The molecule has 5 rings (SSSR count). The van der Waals surface area contributed by atoms with Gasteiger partial charge in [0, 0.05) is 0 Å². The summed E-state index contributed by atoms with van der Waals surface area (Å²) in [6, 6.07) is 0.398. The zero-order chi connectivity index (χ0) is 25.0. The van der Waals surface area contributed by atoms with Crippen LogP contribution in [0, 0.1) is 0 Å². The molecule has 1 aliphatic carbocycles. The van der Waals surface area contributed by atoms with Crippen LogP contribution in [0.15, 0.2) is 24.8 Å². The number of hydrogen-bond acceptors (Lipinski definition) is 9. The topological polar surface area (TPSA) is 119 Å². The van der Waals surface area contributed by atoms with E-state index in [2.05, 4.69) is 29.6 Å². The Morgan fingerprint density at radius 1 is 1.03 bits per heavy atom. The predicted molar refractivity (Wildman–Crippen MR) is 140 cm³/mol. The fourth-order valence-corrected chi connectivity index (χ4v) is 7.28. The van der Waals surface area contributed by atoms with E-state index in [0.29, 0.717) is 32.3 Å². The Bertz CT molecular complexity index is 1260. The van der Waals surface area contributed by atoms with E-state index in [1.807, 2.05) is 12.4 Å². The van der Waals surface area contributed by atoms with Crippen molar-refractivity contribution in [2.24, 2.45) is 0 Å². The van der Waals surface area contributed by atoms with Gasteiger partial charge in [-0.2, -0.15) is 0 Å². The molecule has 0 bridgehead atoms. The summed E-state index contributed by atoms with van der Waals surface area (Å²) in [6.07, 6.45) is 15.7. The average molecular weight is 577 g/mol. The Labute approximate surface area is 218 Å². The van der Waals surface area contributed by atoms with Gasteiger partial charge in [-0.3, -0.25) is 0 Å². The van der Waals surface area contributed by atoms with E-state index in [9.17, 15) is 8.42 Å². The number of aromatic nitrogens is 6.